The largest absolute Gasteiger partial charge is 0.478 e. The molecule has 23 heavy (non-hydrogen) atoms. The Morgan fingerprint density at radius 2 is 1.83 bits per heavy atom. The highest BCUT2D eigenvalue weighted by Crippen LogP contribution is 2.37. The molecule has 1 aromatic carbocycles. The zero-order chi connectivity index (χ0) is 17.0. The molecule has 0 saturated carbocycles. The van der Waals surface area contributed by atoms with Crippen molar-refractivity contribution < 1.29 is 17.9 Å². The first-order valence-corrected chi connectivity index (χ1v) is 8.55. The first-order valence-electron chi connectivity index (χ1n) is 7.33. The molecule has 7 heteroatoms. The van der Waals surface area contributed by atoms with Crippen molar-refractivity contribution in [3.63, 3.8) is 0 Å². The third kappa shape index (κ3) is 4.02. The maximum absolute atomic E-state index is 13.3. The van der Waals surface area contributed by atoms with Crippen LogP contribution in [0.15, 0.2) is 29.2 Å². The number of aryl methyl sites for hydroxylation is 1. The molecule has 0 bridgehead atoms. The van der Waals surface area contributed by atoms with Crippen molar-refractivity contribution in [1.82, 2.24) is 9.78 Å². The molecule has 0 unspecified atom stereocenters. The van der Waals surface area contributed by atoms with Gasteiger partial charge >= 0.3 is 6.18 Å². The molecule has 0 aliphatic rings. The van der Waals surface area contributed by atoms with Crippen LogP contribution in [0.3, 0.4) is 0 Å². The standard InChI is InChI=1S/C16H19F3N2OS/c1-4-21-15(22-5-2)13(14(20-21)16(17,18)19)10-11-6-8-12(23-3)9-7-11/h6-9H,4-5,10H2,1-3H3. The smallest absolute Gasteiger partial charge is 0.435 e. The fourth-order valence-corrected chi connectivity index (χ4v) is 2.74. The maximum Gasteiger partial charge on any atom is 0.435 e. The number of alkyl halides is 3. The van der Waals surface area contributed by atoms with E-state index in [0.717, 1.165) is 10.5 Å². The first-order chi connectivity index (χ1) is 10.9. The van der Waals surface area contributed by atoms with Crippen molar-refractivity contribution >= 4 is 11.8 Å². The van der Waals surface area contributed by atoms with Crippen molar-refractivity contribution in [2.24, 2.45) is 0 Å². The van der Waals surface area contributed by atoms with E-state index in [0.29, 0.717) is 13.2 Å². The first kappa shape index (κ1) is 17.7. The van der Waals surface area contributed by atoms with Crippen LogP contribution in [0.25, 0.3) is 0 Å². The molecule has 0 fully saturated rings. The van der Waals surface area contributed by atoms with Crippen LogP contribution in [0.2, 0.25) is 0 Å². The third-order valence-corrected chi connectivity index (χ3v) is 4.13. The summed E-state index contributed by atoms with van der Waals surface area (Å²) in [5.74, 6) is 0.205. The molecule has 2 rings (SSSR count). The lowest BCUT2D eigenvalue weighted by atomic mass is 10.0. The SMILES string of the molecule is CCOc1c(Cc2ccc(SC)cc2)c(C(F)(F)F)nn1CC. The van der Waals surface area contributed by atoms with Gasteiger partial charge < -0.3 is 4.74 Å². The summed E-state index contributed by atoms with van der Waals surface area (Å²) in [5.41, 5.74) is 0.0275. The molecule has 0 amide bonds. The zero-order valence-electron chi connectivity index (χ0n) is 13.3. The number of rotatable bonds is 6. The zero-order valence-corrected chi connectivity index (χ0v) is 14.1. The monoisotopic (exact) mass is 344 g/mol. The summed E-state index contributed by atoms with van der Waals surface area (Å²) in [6.07, 6.45) is -2.41. The molecule has 0 spiro atoms. The molecule has 0 saturated heterocycles. The van der Waals surface area contributed by atoms with E-state index in [-0.39, 0.29) is 17.9 Å². The number of aromatic nitrogens is 2. The van der Waals surface area contributed by atoms with Crippen molar-refractivity contribution in [2.75, 3.05) is 12.9 Å². The van der Waals surface area contributed by atoms with Crippen LogP contribution in [0.1, 0.15) is 30.7 Å². The highest BCUT2D eigenvalue weighted by molar-refractivity contribution is 7.98. The summed E-state index contributed by atoms with van der Waals surface area (Å²) in [4.78, 5) is 1.07. The minimum Gasteiger partial charge on any atom is -0.478 e. The Balaban J connectivity index is 2.46. The highest BCUT2D eigenvalue weighted by Gasteiger charge is 2.39. The number of thioether (sulfide) groups is 1. The molecule has 0 aliphatic carbocycles. The van der Waals surface area contributed by atoms with Gasteiger partial charge in [0.05, 0.1) is 12.2 Å². The molecule has 1 aromatic heterocycles. The van der Waals surface area contributed by atoms with Gasteiger partial charge in [-0.2, -0.15) is 18.3 Å². The van der Waals surface area contributed by atoms with Gasteiger partial charge in [0.15, 0.2) is 5.69 Å². The molecule has 0 atom stereocenters. The second kappa shape index (κ2) is 7.29. The average molecular weight is 344 g/mol. The number of nitrogens with zero attached hydrogens (tertiary/aromatic N) is 2. The summed E-state index contributed by atoms with van der Waals surface area (Å²) in [5, 5.41) is 3.71. The molecule has 126 valence electrons. The molecule has 2 aromatic rings. The quantitative estimate of drug-likeness (QED) is 0.715. The van der Waals surface area contributed by atoms with Crippen molar-refractivity contribution in [1.29, 1.82) is 0 Å². The normalized spacial score (nSPS) is 11.7. The van der Waals surface area contributed by atoms with Crippen LogP contribution in [-0.2, 0) is 19.1 Å². The Bertz CT molecular complexity index is 651. The third-order valence-electron chi connectivity index (χ3n) is 3.39. The lowest BCUT2D eigenvalue weighted by Crippen LogP contribution is -2.10. The van der Waals surface area contributed by atoms with E-state index in [4.69, 9.17) is 4.74 Å². The molecule has 0 N–H and O–H groups in total. The van der Waals surface area contributed by atoms with Gasteiger partial charge in [-0.1, -0.05) is 12.1 Å². The van der Waals surface area contributed by atoms with Gasteiger partial charge in [-0.25, -0.2) is 4.68 Å². The van der Waals surface area contributed by atoms with E-state index < -0.39 is 11.9 Å². The number of hydrogen-bond acceptors (Lipinski definition) is 3. The number of halogens is 3. The Morgan fingerprint density at radius 3 is 2.30 bits per heavy atom. The summed E-state index contributed by atoms with van der Waals surface area (Å²) >= 11 is 1.59. The predicted molar refractivity (Wildman–Crippen MR) is 85.1 cm³/mol. The Kier molecular flexibility index (Phi) is 5.62. The van der Waals surface area contributed by atoms with Crippen LogP contribution >= 0.6 is 11.8 Å². The molecule has 0 radical (unpaired) electrons. The van der Waals surface area contributed by atoms with Gasteiger partial charge in [0.1, 0.15) is 0 Å². The van der Waals surface area contributed by atoms with E-state index in [1.165, 1.54) is 4.68 Å². The van der Waals surface area contributed by atoms with Crippen LogP contribution < -0.4 is 4.74 Å². The maximum atomic E-state index is 13.3. The minimum atomic E-state index is -4.50. The van der Waals surface area contributed by atoms with E-state index in [1.807, 2.05) is 30.5 Å². The Labute approximate surface area is 137 Å². The number of benzene rings is 1. The predicted octanol–water partition coefficient (Wildman–Crippen LogP) is 4.63. The van der Waals surface area contributed by atoms with Gasteiger partial charge in [0.2, 0.25) is 5.88 Å². The van der Waals surface area contributed by atoms with E-state index in [9.17, 15) is 13.2 Å². The lowest BCUT2D eigenvalue weighted by molar-refractivity contribution is -0.142. The summed E-state index contributed by atoms with van der Waals surface area (Å²) in [7, 11) is 0. The van der Waals surface area contributed by atoms with Crippen molar-refractivity contribution in [2.45, 2.75) is 37.9 Å². The molecular formula is C16H19F3N2OS. The van der Waals surface area contributed by atoms with Crippen LogP contribution in [0, 0.1) is 0 Å². The fraction of sp³-hybridized carbons (Fsp3) is 0.438. The van der Waals surface area contributed by atoms with Crippen molar-refractivity contribution in [3.8, 4) is 5.88 Å². The van der Waals surface area contributed by atoms with Gasteiger partial charge in [0, 0.05) is 17.9 Å². The molecule has 0 aliphatic heterocycles. The van der Waals surface area contributed by atoms with Crippen LogP contribution in [0.5, 0.6) is 5.88 Å². The number of ether oxygens (including phenoxy) is 1. The second-order valence-corrected chi connectivity index (χ2v) is 5.78. The van der Waals surface area contributed by atoms with Gasteiger partial charge in [0.25, 0.3) is 0 Å². The summed E-state index contributed by atoms with van der Waals surface area (Å²) < 4.78 is 46.6. The molecular weight excluding hydrogens is 325 g/mol. The second-order valence-electron chi connectivity index (χ2n) is 4.90. The molecule has 1 heterocycles. The van der Waals surface area contributed by atoms with E-state index >= 15 is 0 Å². The van der Waals surface area contributed by atoms with Gasteiger partial charge in [-0.15, -0.1) is 11.8 Å². The fourth-order valence-electron chi connectivity index (χ4n) is 2.33. The Hall–Kier alpha value is -1.63. The van der Waals surface area contributed by atoms with E-state index in [2.05, 4.69) is 5.10 Å². The van der Waals surface area contributed by atoms with Crippen LogP contribution in [0.4, 0.5) is 13.2 Å². The van der Waals surface area contributed by atoms with Crippen LogP contribution in [-0.4, -0.2) is 22.6 Å². The van der Waals surface area contributed by atoms with Crippen molar-refractivity contribution in [3.05, 3.63) is 41.1 Å². The summed E-state index contributed by atoms with van der Waals surface area (Å²) in [6.45, 7) is 4.11. The van der Waals surface area contributed by atoms with Gasteiger partial charge in [-0.05, 0) is 37.8 Å². The lowest BCUT2D eigenvalue weighted by Gasteiger charge is -2.10. The molecule has 3 nitrogen and oxygen atoms in total. The topological polar surface area (TPSA) is 27.1 Å². The minimum absolute atomic E-state index is 0.0955. The summed E-state index contributed by atoms with van der Waals surface area (Å²) in [6, 6.07) is 7.48. The van der Waals surface area contributed by atoms with Gasteiger partial charge in [-0.3, -0.25) is 0 Å². The van der Waals surface area contributed by atoms with E-state index in [1.54, 1.807) is 25.6 Å². The number of hydrogen-bond donors (Lipinski definition) is 0. The Morgan fingerprint density at radius 1 is 1.17 bits per heavy atom. The average Bonchev–Trinajstić information content (AvgIpc) is 2.86. The highest BCUT2D eigenvalue weighted by atomic mass is 32.2.